The fourth-order valence-electron chi connectivity index (χ4n) is 2.82. The quantitative estimate of drug-likeness (QED) is 0.854. The van der Waals surface area contributed by atoms with Gasteiger partial charge in [0.05, 0.1) is 0 Å². The van der Waals surface area contributed by atoms with E-state index in [0.717, 1.165) is 12.8 Å². The van der Waals surface area contributed by atoms with Crippen LogP contribution in [0.2, 0.25) is 0 Å². The summed E-state index contributed by atoms with van der Waals surface area (Å²) in [7, 11) is 0. The van der Waals surface area contributed by atoms with Crippen molar-refractivity contribution in [2.24, 2.45) is 5.41 Å². The van der Waals surface area contributed by atoms with Crippen LogP contribution in [0.1, 0.15) is 58.6 Å². The van der Waals surface area contributed by atoms with Gasteiger partial charge in [-0.25, -0.2) is 0 Å². The molecule has 0 aliphatic rings. The molecule has 1 aromatic carbocycles. The van der Waals surface area contributed by atoms with Crippen LogP contribution >= 0.6 is 0 Å². The third kappa shape index (κ3) is 6.74. The lowest BCUT2D eigenvalue weighted by Crippen LogP contribution is -2.45. The zero-order chi connectivity index (χ0) is 15.4. The van der Waals surface area contributed by atoms with Gasteiger partial charge < -0.3 is 5.32 Å². The molecule has 0 radical (unpaired) electrons. The Kier molecular flexibility index (Phi) is 5.38. The predicted molar refractivity (Wildman–Crippen MR) is 85.8 cm³/mol. The van der Waals surface area contributed by atoms with Crippen LogP contribution in [0.5, 0.6) is 0 Å². The fraction of sp³-hybridized carbons (Fsp3) is 0.611. The summed E-state index contributed by atoms with van der Waals surface area (Å²) in [5, 5.41) is 3.16. The van der Waals surface area contributed by atoms with E-state index in [9.17, 15) is 4.79 Å². The number of hydrogen-bond donors (Lipinski definition) is 1. The Morgan fingerprint density at radius 3 is 2.10 bits per heavy atom. The molecule has 0 heterocycles. The molecule has 0 aliphatic carbocycles. The van der Waals surface area contributed by atoms with Gasteiger partial charge in [0.2, 0.25) is 5.91 Å². The van der Waals surface area contributed by atoms with Crippen LogP contribution in [-0.2, 0) is 11.2 Å². The van der Waals surface area contributed by atoms with Gasteiger partial charge in [-0.2, -0.15) is 0 Å². The number of benzene rings is 1. The van der Waals surface area contributed by atoms with Crippen molar-refractivity contribution in [3.05, 3.63) is 35.4 Å². The molecule has 0 saturated carbocycles. The average Bonchev–Trinajstić information content (AvgIpc) is 2.24. The topological polar surface area (TPSA) is 29.1 Å². The normalized spacial score (nSPS) is 12.3. The van der Waals surface area contributed by atoms with Crippen LogP contribution in [0.25, 0.3) is 0 Å². The summed E-state index contributed by atoms with van der Waals surface area (Å²) >= 11 is 0. The molecule has 1 amide bonds. The molecule has 0 aromatic heterocycles. The number of aryl methyl sites for hydroxylation is 2. The number of amides is 1. The second-order valence-corrected chi connectivity index (χ2v) is 7.66. The maximum absolute atomic E-state index is 12.1. The molecule has 0 fully saturated rings. The lowest BCUT2D eigenvalue weighted by atomic mass is 9.81. The highest BCUT2D eigenvalue weighted by atomic mass is 16.1. The van der Waals surface area contributed by atoms with Crippen molar-refractivity contribution >= 4 is 5.91 Å². The standard InChI is InChI=1S/C18H29NO/c1-14-7-9-15(10-8-14)11-12-16(20)19-18(5,6)13-17(2,3)4/h7-10H,11-13H2,1-6H3,(H,19,20). The van der Waals surface area contributed by atoms with E-state index in [2.05, 4.69) is 71.1 Å². The van der Waals surface area contributed by atoms with Crippen molar-refractivity contribution in [1.82, 2.24) is 5.32 Å². The molecule has 0 atom stereocenters. The van der Waals surface area contributed by atoms with Gasteiger partial charge >= 0.3 is 0 Å². The smallest absolute Gasteiger partial charge is 0.220 e. The SMILES string of the molecule is Cc1ccc(CCC(=O)NC(C)(C)CC(C)(C)C)cc1. The summed E-state index contributed by atoms with van der Waals surface area (Å²) in [5.74, 6) is 0.139. The zero-order valence-electron chi connectivity index (χ0n) is 13.8. The number of rotatable bonds is 5. The first-order valence-electron chi connectivity index (χ1n) is 7.44. The van der Waals surface area contributed by atoms with Crippen LogP contribution < -0.4 is 5.32 Å². The molecule has 1 N–H and O–H groups in total. The predicted octanol–water partition coefficient (Wildman–Crippen LogP) is 4.26. The van der Waals surface area contributed by atoms with Gasteiger partial charge in [0, 0.05) is 12.0 Å². The molecule has 0 aliphatic heterocycles. The second-order valence-electron chi connectivity index (χ2n) is 7.66. The number of carbonyl (C=O) groups excluding carboxylic acids is 1. The van der Waals surface area contributed by atoms with Crippen molar-refractivity contribution in [3.8, 4) is 0 Å². The van der Waals surface area contributed by atoms with Crippen LogP contribution in [0, 0.1) is 12.3 Å². The van der Waals surface area contributed by atoms with Gasteiger partial charge in [-0.1, -0.05) is 50.6 Å². The van der Waals surface area contributed by atoms with Crippen molar-refractivity contribution in [2.45, 2.75) is 66.3 Å². The highest BCUT2D eigenvalue weighted by Gasteiger charge is 2.26. The molecule has 1 aromatic rings. The Morgan fingerprint density at radius 2 is 1.60 bits per heavy atom. The van der Waals surface area contributed by atoms with E-state index in [1.54, 1.807) is 0 Å². The van der Waals surface area contributed by atoms with Gasteiger partial charge in [-0.15, -0.1) is 0 Å². The maximum Gasteiger partial charge on any atom is 0.220 e. The first kappa shape index (κ1) is 16.7. The zero-order valence-corrected chi connectivity index (χ0v) is 13.8. The molecular weight excluding hydrogens is 246 g/mol. The summed E-state index contributed by atoms with van der Waals surface area (Å²) in [6.07, 6.45) is 2.32. The van der Waals surface area contributed by atoms with Crippen LogP contribution in [0.4, 0.5) is 0 Å². The van der Waals surface area contributed by atoms with Crippen molar-refractivity contribution < 1.29 is 4.79 Å². The Hall–Kier alpha value is -1.31. The molecule has 0 bridgehead atoms. The van der Waals surface area contributed by atoms with Crippen LogP contribution in [0.15, 0.2) is 24.3 Å². The van der Waals surface area contributed by atoms with Gasteiger partial charge in [0.25, 0.3) is 0 Å². The van der Waals surface area contributed by atoms with E-state index < -0.39 is 0 Å². The van der Waals surface area contributed by atoms with Gasteiger partial charge in [0.1, 0.15) is 0 Å². The fourth-order valence-corrected chi connectivity index (χ4v) is 2.82. The number of carbonyl (C=O) groups is 1. The number of nitrogens with one attached hydrogen (secondary N) is 1. The van der Waals surface area contributed by atoms with E-state index in [1.807, 2.05) is 0 Å². The monoisotopic (exact) mass is 275 g/mol. The van der Waals surface area contributed by atoms with Crippen molar-refractivity contribution in [2.75, 3.05) is 0 Å². The van der Waals surface area contributed by atoms with Crippen molar-refractivity contribution in [1.29, 1.82) is 0 Å². The summed E-state index contributed by atoms with van der Waals surface area (Å²) in [4.78, 5) is 12.1. The van der Waals surface area contributed by atoms with Crippen molar-refractivity contribution in [3.63, 3.8) is 0 Å². The Bertz CT molecular complexity index is 437. The molecule has 112 valence electrons. The van der Waals surface area contributed by atoms with Gasteiger partial charge in [0.15, 0.2) is 0 Å². The molecule has 20 heavy (non-hydrogen) atoms. The molecule has 2 heteroatoms. The highest BCUT2D eigenvalue weighted by Crippen LogP contribution is 2.26. The highest BCUT2D eigenvalue weighted by molar-refractivity contribution is 5.77. The summed E-state index contributed by atoms with van der Waals surface area (Å²) in [6.45, 7) is 12.9. The number of hydrogen-bond acceptors (Lipinski definition) is 1. The lowest BCUT2D eigenvalue weighted by molar-refractivity contribution is -0.122. The molecule has 0 spiro atoms. The van der Waals surface area contributed by atoms with Gasteiger partial charge in [-0.3, -0.25) is 4.79 Å². The summed E-state index contributed by atoms with van der Waals surface area (Å²) in [5.41, 5.74) is 2.54. The molecule has 2 nitrogen and oxygen atoms in total. The van der Waals surface area contributed by atoms with E-state index in [4.69, 9.17) is 0 Å². The average molecular weight is 275 g/mol. The second kappa shape index (κ2) is 6.43. The minimum absolute atomic E-state index is 0.139. The van der Waals surface area contributed by atoms with E-state index in [1.165, 1.54) is 11.1 Å². The molecule has 0 saturated heterocycles. The Labute approximate surface area is 124 Å². The first-order chi connectivity index (χ1) is 9.07. The third-order valence-electron chi connectivity index (χ3n) is 3.21. The Balaban J connectivity index is 2.45. The third-order valence-corrected chi connectivity index (χ3v) is 3.21. The summed E-state index contributed by atoms with van der Waals surface area (Å²) in [6, 6.07) is 8.39. The minimum atomic E-state index is -0.150. The van der Waals surface area contributed by atoms with E-state index >= 15 is 0 Å². The molecule has 0 unspecified atom stereocenters. The van der Waals surface area contributed by atoms with Crippen LogP contribution in [0.3, 0.4) is 0 Å². The molecule has 1 rings (SSSR count). The largest absolute Gasteiger partial charge is 0.351 e. The van der Waals surface area contributed by atoms with E-state index in [0.29, 0.717) is 6.42 Å². The Morgan fingerprint density at radius 1 is 1.05 bits per heavy atom. The summed E-state index contributed by atoms with van der Waals surface area (Å²) < 4.78 is 0. The lowest BCUT2D eigenvalue weighted by Gasteiger charge is -2.33. The van der Waals surface area contributed by atoms with E-state index in [-0.39, 0.29) is 16.9 Å². The maximum atomic E-state index is 12.1. The minimum Gasteiger partial charge on any atom is -0.351 e. The molecular formula is C18H29NO. The van der Waals surface area contributed by atoms with Crippen LogP contribution in [-0.4, -0.2) is 11.4 Å². The first-order valence-corrected chi connectivity index (χ1v) is 7.44. The van der Waals surface area contributed by atoms with Gasteiger partial charge in [-0.05, 0) is 44.6 Å².